The van der Waals surface area contributed by atoms with Gasteiger partial charge in [-0.3, -0.25) is 14.5 Å². The van der Waals surface area contributed by atoms with Gasteiger partial charge in [-0.05, 0) is 39.4 Å². The Morgan fingerprint density at radius 1 is 1.15 bits per heavy atom. The van der Waals surface area contributed by atoms with E-state index < -0.39 is 5.97 Å². The molecule has 0 aliphatic carbocycles. The molecular weight excluding hydrogens is 334 g/mol. The number of amides is 2. The number of rotatable bonds is 7. The van der Waals surface area contributed by atoms with E-state index >= 15 is 0 Å². The number of carbonyl (C=O) groups excluding carboxylic acids is 3. The highest BCUT2D eigenvalue weighted by molar-refractivity contribution is 5.91. The van der Waals surface area contributed by atoms with Gasteiger partial charge in [-0.15, -0.1) is 0 Å². The predicted octanol–water partition coefficient (Wildman–Crippen LogP) is 1.51. The number of hydrogen-bond acceptors (Lipinski definition) is 5. The Kier molecular flexibility index (Phi) is 7.38. The summed E-state index contributed by atoms with van der Waals surface area (Å²) in [5, 5.41) is 0. The van der Waals surface area contributed by atoms with Crippen LogP contribution in [0.25, 0.3) is 0 Å². The number of likely N-dealkylation sites (tertiary alicyclic amines) is 2. The van der Waals surface area contributed by atoms with Gasteiger partial charge in [-0.2, -0.15) is 0 Å². The van der Waals surface area contributed by atoms with Gasteiger partial charge in [0.05, 0.1) is 5.57 Å². The molecule has 2 rings (SSSR count). The lowest BCUT2D eigenvalue weighted by Gasteiger charge is -2.32. The molecule has 0 aromatic heterocycles. The van der Waals surface area contributed by atoms with Gasteiger partial charge >= 0.3 is 5.97 Å². The van der Waals surface area contributed by atoms with Crippen LogP contribution in [0.1, 0.15) is 38.5 Å². The normalized spacial score (nSPS) is 20.0. The molecule has 26 heavy (non-hydrogen) atoms. The fraction of sp³-hybridized carbons (Fsp3) is 0.632. The van der Waals surface area contributed by atoms with Gasteiger partial charge in [0.1, 0.15) is 12.8 Å². The smallest absolute Gasteiger partial charge is 0.337 e. The third-order valence-electron chi connectivity index (χ3n) is 4.76. The van der Waals surface area contributed by atoms with Crippen molar-refractivity contribution >= 4 is 17.8 Å². The molecular formula is C19H29N3O4. The highest BCUT2D eigenvalue weighted by atomic mass is 16.5. The highest BCUT2D eigenvalue weighted by Crippen LogP contribution is 2.16. The van der Waals surface area contributed by atoms with E-state index in [0.717, 1.165) is 25.7 Å². The third-order valence-corrected chi connectivity index (χ3v) is 4.76. The van der Waals surface area contributed by atoms with Crippen molar-refractivity contribution in [1.82, 2.24) is 14.7 Å². The van der Waals surface area contributed by atoms with E-state index in [0.29, 0.717) is 25.9 Å². The maximum absolute atomic E-state index is 12.2. The van der Waals surface area contributed by atoms with E-state index in [2.05, 4.69) is 6.58 Å². The number of hydrogen-bond donors (Lipinski definition) is 0. The average Bonchev–Trinajstić information content (AvgIpc) is 2.90. The highest BCUT2D eigenvalue weighted by Gasteiger charge is 2.30. The Hall–Kier alpha value is -2.15. The van der Waals surface area contributed by atoms with Crippen LogP contribution >= 0.6 is 0 Å². The standard InChI is InChI=1S/C19H29N3O4/c1-15(10-13-21-11-6-4-5-8-17(21)23)19(25)26-14-16(20(2)3)22-12-7-9-18(22)24/h10,13,16H,1,4-9,11-12,14H2,2-3H3. The number of esters is 1. The number of nitrogens with zero attached hydrogens (tertiary/aromatic N) is 3. The van der Waals surface area contributed by atoms with E-state index in [4.69, 9.17) is 4.74 Å². The van der Waals surface area contributed by atoms with Crippen molar-refractivity contribution in [3.05, 3.63) is 24.4 Å². The molecule has 7 nitrogen and oxygen atoms in total. The van der Waals surface area contributed by atoms with Crippen LogP contribution in [-0.4, -0.2) is 72.4 Å². The quantitative estimate of drug-likeness (QED) is 0.390. The first-order valence-corrected chi connectivity index (χ1v) is 9.19. The number of ether oxygens (including phenoxy) is 1. The molecule has 2 aliphatic rings. The summed E-state index contributed by atoms with van der Waals surface area (Å²) in [4.78, 5) is 41.3. The second-order valence-corrected chi connectivity index (χ2v) is 6.97. The van der Waals surface area contributed by atoms with Gasteiger partial charge in [0.15, 0.2) is 0 Å². The third kappa shape index (κ3) is 5.42. The minimum atomic E-state index is -0.540. The Labute approximate surface area is 155 Å². The summed E-state index contributed by atoms with van der Waals surface area (Å²) in [6.45, 7) is 5.16. The number of carbonyl (C=O) groups is 3. The summed E-state index contributed by atoms with van der Waals surface area (Å²) >= 11 is 0. The summed E-state index contributed by atoms with van der Waals surface area (Å²) in [6.07, 6.45) is 7.68. The SMILES string of the molecule is C=C(C=CN1CCCCCC1=O)C(=O)OCC(N(C)C)N1CCCC1=O. The fourth-order valence-corrected chi connectivity index (χ4v) is 3.15. The molecule has 2 heterocycles. The predicted molar refractivity (Wildman–Crippen MR) is 97.8 cm³/mol. The van der Waals surface area contributed by atoms with Crippen LogP contribution in [0.4, 0.5) is 0 Å². The second kappa shape index (κ2) is 9.52. The second-order valence-electron chi connectivity index (χ2n) is 6.97. The zero-order valence-corrected chi connectivity index (χ0v) is 15.8. The van der Waals surface area contributed by atoms with Crippen LogP contribution in [-0.2, 0) is 19.1 Å². The zero-order valence-electron chi connectivity index (χ0n) is 15.8. The monoisotopic (exact) mass is 363 g/mol. The molecule has 2 amide bonds. The molecule has 0 aromatic rings. The maximum atomic E-state index is 12.2. The van der Waals surface area contributed by atoms with Gasteiger partial charge in [0, 0.05) is 32.1 Å². The molecule has 7 heteroatoms. The molecule has 1 atom stereocenters. The minimum Gasteiger partial charge on any atom is -0.458 e. The molecule has 0 radical (unpaired) electrons. The summed E-state index contributed by atoms with van der Waals surface area (Å²) in [6, 6.07) is 0. The van der Waals surface area contributed by atoms with Crippen molar-refractivity contribution in [3.63, 3.8) is 0 Å². The van der Waals surface area contributed by atoms with E-state index in [-0.39, 0.29) is 30.2 Å². The molecule has 0 spiro atoms. The minimum absolute atomic E-state index is 0.0696. The van der Waals surface area contributed by atoms with Gasteiger partial charge in [0.25, 0.3) is 0 Å². The van der Waals surface area contributed by atoms with Crippen LogP contribution < -0.4 is 0 Å². The number of likely N-dealkylation sites (N-methyl/N-ethyl adjacent to an activating group) is 1. The van der Waals surface area contributed by atoms with Crippen LogP contribution in [0.5, 0.6) is 0 Å². The molecule has 0 aromatic carbocycles. The largest absolute Gasteiger partial charge is 0.458 e. The first-order chi connectivity index (χ1) is 12.4. The zero-order chi connectivity index (χ0) is 19.1. The van der Waals surface area contributed by atoms with Crippen molar-refractivity contribution in [2.24, 2.45) is 0 Å². The summed E-state index contributed by atoms with van der Waals surface area (Å²) < 4.78 is 5.35. The first kappa shape index (κ1) is 20.2. The maximum Gasteiger partial charge on any atom is 0.337 e. The van der Waals surface area contributed by atoms with E-state index in [1.807, 2.05) is 19.0 Å². The van der Waals surface area contributed by atoms with E-state index in [1.165, 1.54) is 6.08 Å². The van der Waals surface area contributed by atoms with Crippen LogP contribution in [0, 0.1) is 0 Å². The van der Waals surface area contributed by atoms with Crippen molar-refractivity contribution in [3.8, 4) is 0 Å². The summed E-state index contributed by atoms with van der Waals surface area (Å²) in [5.74, 6) is -0.389. The van der Waals surface area contributed by atoms with Crippen LogP contribution in [0.3, 0.4) is 0 Å². The van der Waals surface area contributed by atoms with Gasteiger partial charge < -0.3 is 14.5 Å². The Balaban J connectivity index is 1.87. The van der Waals surface area contributed by atoms with Crippen molar-refractivity contribution < 1.29 is 19.1 Å². The van der Waals surface area contributed by atoms with Crippen molar-refractivity contribution in [2.45, 2.75) is 44.7 Å². The van der Waals surface area contributed by atoms with Crippen molar-refractivity contribution in [2.75, 3.05) is 33.8 Å². The van der Waals surface area contributed by atoms with Crippen LogP contribution in [0.2, 0.25) is 0 Å². The summed E-state index contributed by atoms with van der Waals surface area (Å²) in [5.41, 5.74) is 0.187. The van der Waals surface area contributed by atoms with Gasteiger partial charge in [-0.25, -0.2) is 4.79 Å². The molecule has 0 saturated carbocycles. The molecule has 144 valence electrons. The average molecular weight is 363 g/mol. The molecule has 0 N–H and O–H groups in total. The van der Waals surface area contributed by atoms with Crippen molar-refractivity contribution in [1.29, 1.82) is 0 Å². The van der Waals surface area contributed by atoms with E-state index in [9.17, 15) is 14.4 Å². The lowest BCUT2D eigenvalue weighted by molar-refractivity contribution is -0.146. The molecule has 2 aliphatic heterocycles. The molecule has 2 saturated heterocycles. The molecule has 2 fully saturated rings. The molecule has 0 bridgehead atoms. The van der Waals surface area contributed by atoms with E-state index in [1.54, 1.807) is 16.0 Å². The lowest BCUT2D eigenvalue weighted by Crippen LogP contribution is -2.48. The fourth-order valence-electron chi connectivity index (χ4n) is 3.15. The topological polar surface area (TPSA) is 70.2 Å². The van der Waals surface area contributed by atoms with Gasteiger partial charge in [-0.1, -0.05) is 13.0 Å². The Morgan fingerprint density at radius 2 is 1.88 bits per heavy atom. The summed E-state index contributed by atoms with van der Waals surface area (Å²) in [7, 11) is 3.70. The molecule has 1 unspecified atom stereocenters. The lowest BCUT2D eigenvalue weighted by atomic mass is 10.2. The Bertz CT molecular complexity index is 585. The first-order valence-electron chi connectivity index (χ1n) is 9.19. The Morgan fingerprint density at radius 3 is 2.54 bits per heavy atom. The van der Waals surface area contributed by atoms with Gasteiger partial charge in [0.2, 0.25) is 11.8 Å². The van der Waals surface area contributed by atoms with Crippen LogP contribution in [0.15, 0.2) is 24.4 Å².